The van der Waals surface area contributed by atoms with E-state index in [4.69, 9.17) is 9.15 Å². The number of Topliss-reactive ketones (excluding diaryl/α,β-unsaturated/α-hetero) is 1. The zero-order chi connectivity index (χ0) is 21.3. The maximum absolute atomic E-state index is 12.7. The van der Waals surface area contributed by atoms with E-state index in [0.717, 1.165) is 22.9 Å². The van der Waals surface area contributed by atoms with Gasteiger partial charge in [0.25, 0.3) is 0 Å². The van der Waals surface area contributed by atoms with E-state index in [1.165, 1.54) is 0 Å². The number of nitriles is 1. The van der Waals surface area contributed by atoms with Crippen molar-refractivity contribution in [2.24, 2.45) is 0 Å². The topological polar surface area (TPSA) is 101 Å². The van der Waals surface area contributed by atoms with Crippen molar-refractivity contribution in [3.8, 4) is 12.0 Å². The van der Waals surface area contributed by atoms with Crippen molar-refractivity contribution < 1.29 is 18.7 Å². The Balaban J connectivity index is 1.56. The molecule has 0 atom stereocenters. The van der Waals surface area contributed by atoms with E-state index in [9.17, 15) is 14.9 Å². The Morgan fingerprint density at radius 3 is 2.70 bits per heavy atom. The van der Waals surface area contributed by atoms with Gasteiger partial charge in [0.2, 0.25) is 11.7 Å². The van der Waals surface area contributed by atoms with Crippen LogP contribution in [0.4, 0.5) is 0 Å². The van der Waals surface area contributed by atoms with Crippen molar-refractivity contribution in [3.05, 3.63) is 76.9 Å². The predicted octanol–water partition coefficient (Wildman–Crippen LogP) is 4.33. The van der Waals surface area contributed by atoms with Gasteiger partial charge in [-0.1, -0.05) is 25.1 Å². The third-order valence-corrected chi connectivity index (χ3v) is 5.04. The SMILES string of the molecule is CCc1cccc2c(C(=O)COC(=O)c3c(C)oc(-n4cccc4)c3C#N)c[nH]c12. The first kappa shape index (κ1) is 19.3. The highest BCUT2D eigenvalue weighted by Crippen LogP contribution is 2.27. The van der Waals surface area contributed by atoms with Gasteiger partial charge in [-0.05, 0) is 31.0 Å². The molecule has 1 aromatic carbocycles. The van der Waals surface area contributed by atoms with Crippen molar-refractivity contribution >= 4 is 22.7 Å². The number of furan rings is 1. The Hall–Kier alpha value is -4.05. The fourth-order valence-electron chi connectivity index (χ4n) is 3.55. The number of nitrogens with one attached hydrogen (secondary N) is 1. The summed E-state index contributed by atoms with van der Waals surface area (Å²) in [6.45, 7) is 3.19. The van der Waals surface area contributed by atoms with Gasteiger partial charge in [-0.15, -0.1) is 0 Å². The van der Waals surface area contributed by atoms with Crippen LogP contribution in [0.25, 0.3) is 16.8 Å². The number of hydrogen-bond acceptors (Lipinski definition) is 5. The van der Waals surface area contributed by atoms with E-state index >= 15 is 0 Å². The quantitative estimate of drug-likeness (QED) is 0.383. The van der Waals surface area contributed by atoms with E-state index in [1.807, 2.05) is 31.2 Å². The van der Waals surface area contributed by atoms with Gasteiger partial charge >= 0.3 is 5.97 Å². The summed E-state index contributed by atoms with van der Waals surface area (Å²) in [7, 11) is 0. The van der Waals surface area contributed by atoms with Crippen LogP contribution in [0.1, 0.15) is 44.5 Å². The van der Waals surface area contributed by atoms with Crippen molar-refractivity contribution in [2.45, 2.75) is 20.3 Å². The highest BCUT2D eigenvalue weighted by Gasteiger charge is 2.26. The average Bonchev–Trinajstić information content (AvgIpc) is 3.49. The molecule has 0 fully saturated rings. The van der Waals surface area contributed by atoms with Gasteiger partial charge in [-0.3, -0.25) is 9.36 Å². The number of rotatable bonds is 6. The van der Waals surface area contributed by atoms with Crippen molar-refractivity contribution in [1.29, 1.82) is 5.26 Å². The minimum Gasteiger partial charge on any atom is -0.454 e. The molecule has 0 bridgehead atoms. The average molecular weight is 401 g/mol. The summed E-state index contributed by atoms with van der Waals surface area (Å²) in [6.07, 6.45) is 5.88. The van der Waals surface area contributed by atoms with Crippen LogP contribution in [-0.4, -0.2) is 27.9 Å². The molecule has 0 amide bonds. The molecule has 0 aliphatic rings. The molecule has 3 heterocycles. The highest BCUT2D eigenvalue weighted by molar-refractivity contribution is 6.09. The molecule has 0 saturated heterocycles. The van der Waals surface area contributed by atoms with E-state index in [0.29, 0.717) is 5.56 Å². The molecule has 1 N–H and O–H groups in total. The molecule has 7 nitrogen and oxygen atoms in total. The molecule has 3 aromatic heterocycles. The number of carbonyl (C=O) groups excluding carboxylic acids is 2. The van der Waals surface area contributed by atoms with Crippen LogP contribution >= 0.6 is 0 Å². The van der Waals surface area contributed by atoms with Crippen molar-refractivity contribution in [1.82, 2.24) is 9.55 Å². The number of benzene rings is 1. The number of carbonyl (C=O) groups is 2. The number of aromatic nitrogens is 2. The minimum atomic E-state index is -0.770. The third kappa shape index (κ3) is 3.18. The van der Waals surface area contributed by atoms with Gasteiger partial charge in [0.15, 0.2) is 6.61 Å². The van der Waals surface area contributed by atoms with E-state index in [2.05, 4.69) is 4.98 Å². The molecule has 7 heteroatoms. The third-order valence-electron chi connectivity index (χ3n) is 5.04. The van der Waals surface area contributed by atoms with Gasteiger partial charge in [0.1, 0.15) is 23.0 Å². The number of H-pyrrole nitrogens is 1. The smallest absolute Gasteiger partial charge is 0.343 e. The Morgan fingerprint density at radius 1 is 1.23 bits per heavy atom. The number of aromatic amines is 1. The molecule has 150 valence electrons. The lowest BCUT2D eigenvalue weighted by Gasteiger charge is -2.04. The van der Waals surface area contributed by atoms with E-state index in [1.54, 1.807) is 42.2 Å². The fraction of sp³-hybridized carbons (Fsp3) is 0.174. The molecular formula is C23H19N3O4. The second-order valence-electron chi connectivity index (χ2n) is 6.81. The first-order valence-corrected chi connectivity index (χ1v) is 9.51. The summed E-state index contributed by atoms with van der Waals surface area (Å²) in [5.74, 6) is -0.601. The van der Waals surface area contributed by atoms with Crippen LogP contribution in [0, 0.1) is 18.3 Å². The van der Waals surface area contributed by atoms with Gasteiger partial charge < -0.3 is 14.1 Å². The van der Waals surface area contributed by atoms with Gasteiger partial charge in [-0.2, -0.15) is 5.26 Å². The number of aryl methyl sites for hydroxylation is 2. The van der Waals surface area contributed by atoms with E-state index < -0.39 is 12.6 Å². The van der Waals surface area contributed by atoms with Crippen LogP contribution < -0.4 is 0 Å². The normalized spacial score (nSPS) is 10.8. The lowest BCUT2D eigenvalue weighted by molar-refractivity contribution is 0.0473. The first-order chi connectivity index (χ1) is 14.5. The second kappa shape index (κ2) is 7.76. The molecule has 0 spiro atoms. The molecule has 4 aromatic rings. The Bertz CT molecular complexity index is 1290. The molecule has 0 aliphatic heterocycles. The largest absolute Gasteiger partial charge is 0.454 e. The number of hydrogen-bond donors (Lipinski definition) is 1. The maximum Gasteiger partial charge on any atom is 0.343 e. The summed E-state index contributed by atoms with van der Waals surface area (Å²) in [5.41, 5.74) is 2.57. The summed E-state index contributed by atoms with van der Waals surface area (Å²) in [6, 6.07) is 11.3. The number of ketones is 1. The van der Waals surface area contributed by atoms with Gasteiger partial charge in [0, 0.05) is 35.1 Å². The van der Waals surface area contributed by atoms with Gasteiger partial charge in [0.05, 0.1) is 0 Å². The maximum atomic E-state index is 12.7. The Kier molecular flexibility index (Phi) is 4.98. The monoisotopic (exact) mass is 401 g/mol. The molecule has 0 radical (unpaired) electrons. The summed E-state index contributed by atoms with van der Waals surface area (Å²) < 4.78 is 12.5. The summed E-state index contributed by atoms with van der Waals surface area (Å²) in [5, 5.41) is 10.3. The zero-order valence-electron chi connectivity index (χ0n) is 16.6. The number of esters is 1. The first-order valence-electron chi connectivity index (χ1n) is 9.51. The van der Waals surface area contributed by atoms with Crippen LogP contribution in [0.15, 0.2) is 53.3 Å². The molecule has 4 rings (SSSR count). The molecule has 30 heavy (non-hydrogen) atoms. The van der Waals surface area contributed by atoms with Crippen LogP contribution in [-0.2, 0) is 11.2 Å². The standard InChI is InChI=1S/C23H19N3O4/c1-3-15-7-6-8-16-18(12-25-21(15)16)19(27)13-29-23(28)20-14(2)30-22(17(20)11-24)26-9-4-5-10-26/h4-10,12,25H,3,13H2,1-2H3. The Labute approximate surface area is 172 Å². The minimum absolute atomic E-state index is 0.0289. The predicted molar refractivity (Wildman–Crippen MR) is 110 cm³/mol. The summed E-state index contributed by atoms with van der Waals surface area (Å²) >= 11 is 0. The number of fused-ring (bicyclic) bond motifs is 1. The second-order valence-corrected chi connectivity index (χ2v) is 6.81. The number of ether oxygens (including phenoxy) is 1. The van der Waals surface area contributed by atoms with E-state index in [-0.39, 0.29) is 28.6 Å². The lowest BCUT2D eigenvalue weighted by atomic mass is 10.1. The lowest BCUT2D eigenvalue weighted by Crippen LogP contribution is -2.15. The van der Waals surface area contributed by atoms with Gasteiger partial charge in [-0.25, -0.2) is 4.79 Å². The highest BCUT2D eigenvalue weighted by atomic mass is 16.5. The molecule has 0 saturated carbocycles. The van der Waals surface area contributed by atoms with Crippen LogP contribution in [0.2, 0.25) is 0 Å². The van der Waals surface area contributed by atoms with Crippen LogP contribution in [0.5, 0.6) is 0 Å². The fourth-order valence-corrected chi connectivity index (χ4v) is 3.55. The van der Waals surface area contributed by atoms with Crippen LogP contribution in [0.3, 0.4) is 0 Å². The number of para-hydroxylation sites is 1. The number of nitrogens with zero attached hydrogens (tertiary/aromatic N) is 2. The molecular weight excluding hydrogens is 382 g/mol. The van der Waals surface area contributed by atoms with Crippen molar-refractivity contribution in [3.63, 3.8) is 0 Å². The van der Waals surface area contributed by atoms with Crippen molar-refractivity contribution in [2.75, 3.05) is 6.61 Å². The zero-order valence-corrected chi connectivity index (χ0v) is 16.6. The summed E-state index contributed by atoms with van der Waals surface area (Å²) in [4.78, 5) is 28.5. The molecule has 0 unspecified atom stereocenters. The Morgan fingerprint density at radius 2 is 2.00 bits per heavy atom. The molecule has 0 aliphatic carbocycles.